The van der Waals surface area contributed by atoms with Gasteiger partial charge in [0, 0.05) is 11.5 Å². The second kappa shape index (κ2) is 5.14. The van der Waals surface area contributed by atoms with E-state index in [0.717, 1.165) is 18.5 Å². The van der Waals surface area contributed by atoms with E-state index >= 15 is 0 Å². The monoisotopic (exact) mass is 254 g/mol. The van der Waals surface area contributed by atoms with Gasteiger partial charge < -0.3 is 10.1 Å². The maximum atomic E-state index is 11.8. The Morgan fingerprint density at radius 3 is 2.94 bits per heavy atom. The van der Waals surface area contributed by atoms with Crippen molar-refractivity contribution in [2.75, 3.05) is 11.9 Å². The number of hydrogen-bond acceptors (Lipinski definition) is 4. The Morgan fingerprint density at radius 1 is 1.59 bits per heavy atom. The first-order chi connectivity index (χ1) is 8.15. The number of rotatable bonds is 5. The standard InChI is InChI=1S/C12H18N2O2S/c1-4-9-7(3)17-12(13-9)14-11(15)8-6-10(8)16-5-2/h8,10H,4-6H2,1-3H3,(H,13,14,15)/t8-,10+/m1/s1. The minimum atomic E-state index is 0.0178. The largest absolute Gasteiger partial charge is 0.378 e. The highest BCUT2D eigenvalue weighted by Crippen LogP contribution is 2.35. The van der Waals surface area contributed by atoms with Gasteiger partial charge >= 0.3 is 0 Å². The molecule has 1 aromatic rings. The van der Waals surface area contributed by atoms with Gasteiger partial charge in [0.25, 0.3) is 0 Å². The van der Waals surface area contributed by atoms with Crippen molar-refractivity contribution in [1.29, 1.82) is 0 Å². The average molecular weight is 254 g/mol. The molecule has 5 heteroatoms. The topological polar surface area (TPSA) is 51.2 Å². The van der Waals surface area contributed by atoms with Crippen molar-refractivity contribution < 1.29 is 9.53 Å². The molecule has 0 unspecified atom stereocenters. The number of ether oxygens (including phenoxy) is 1. The van der Waals surface area contributed by atoms with Gasteiger partial charge in [-0.3, -0.25) is 4.79 Å². The molecule has 0 aromatic carbocycles. The van der Waals surface area contributed by atoms with Crippen LogP contribution in [0.1, 0.15) is 30.8 Å². The number of carbonyl (C=O) groups excluding carboxylic acids is 1. The van der Waals surface area contributed by atoms with Gasteiger partial charge in [0.05, 0.1) is 17.7 Å². The number of aromatic nitrogens is 1. The number of anilines is 1. The van der Waals surface area contributed by atoms with E-state index in [-0.39, 0.29) is 17.9 Å². The summed E-state index contributed by atoms with van der Waals surface area (Å²) in [5.41, 5.74) is 1.07. The number of amides is 1. The summed E-state index contributed by atoms with van der Waals surface area (Å²) in [6.07, 6.45) is 1.86. The van der Waals surface area contributed by atoms with Crippen molar-refractivity contribution >= 4 is 22.4 Å². The van der Waals surface area contributed by atoms with Crippen molar-refractivity contribution in [1.82, 2.24) is 4.98 Å². The van der Waals surface area contributed by atoms with Crippen LogP contribution in [0.15, 0.2) is 0 Å². The summed E-state index contributed by atoms with van der Waals surface area (Å²) in [5.74, 6) is 0.0593. The molecule has 0 saturated heterocycles. The fourth-order valence-electron chi connectivity index (χ4n) is 1.85. The van der Waals surface area contributed by atoms with Crippen LogP contribution in [0.2, 0.25) is 0 Å². The molecule has 17 heavy (non-hydrogen) atoms. The first-order valence-electron chi connectivity index (χ1n) is 6.04. The zero-order valence-electron chi connectivity index (χ0n) is 10.4. The number of hydrogen-bond donors (Lipinski definition) is 1. The third-order valence-corrected chi connectivity index (χ3v) is 3.84. The van der Waals surface area contributed by atoms with E-state index < -0.39 is 0 Å². The second-order valence-corrected chi connectivity index (χ2v) is 5.40. The summed E-state index contributed by atoms with van der Waals surface area (Å²) in [4.78, 5) is 17.4. The maximum Gasteiger partial charge on any atom is 0.231 e. The lowest BCUT2D eigenvalue weighted by molar-refractivity contribution is -0.118. The van der Waals surface area contributed by atoms with Crippen molar-refractivity contribution in [3.05, 3.63) is 10.6 Å². The molecule has 2 atom stereocenters. The Morgan fingerprint density at radius 2 is 2.35 bits per heavy atom. The fourth-order valence-corrected chi connectivity index (χ4v) is 2.76. The van der Waals surface area contributed by atoms with Crippen LogP contribution in [0.25, 0.3) is 0 Å². The summed E-state index contributed by atoms with van der Waals surface area (Å²) in [7, 11) is 0. The Kier molecular flexibility index (Phi) is 3.79. The van der Waals surface area contributed by atoms with Crippen LogP contribution < -0.4 is 5.32 Å². The SMILES string of the molecule is CCO[C@H]1C[C@H]1C(=O)Nc1nc(CC)c(C)s1. The summed E-state index contributed by atoms with van der Waals surface area (Å²) in [5, 5.41) is 3.59. The van der Waals surface area contributed by atoms with Crippen LogP contribution in [-0.4, -0.2) is 23.6 Å². The van der Waals surface area contributed by atoms with Crippen LogP contribution in [0.3, 0.4) is 0 Å². The van der Waals surface area contributed by atoms with E-state index in [1.165, 1.54) is 4.88 Å². The molecule has 1 amide bonds. The van der Waals surface area contributed by atoms with Gasteiger partial charge in [-0.15, -0.1) is 11.3 Å². The molecule has 0 radical (unpaired) electrons. The summed E-state index contributed by atoms with van der Waals surface area (Å²) in [6.45, 7) is 6.72. The van der Waals surface area contributed by atoms with E-state index in [4.69, 9.17) is 4.74 Å². The van der Waals surface area contributed by atoms with Crippen molar-refractivity contribution in [3.63, 3.8) is 0 Å². The summed E-state index contributed by atoms with van der Waals surface area (Å²) < 4.78 is 5.40. The highest BCUT2D eigenvalue weighted by molar-refractivity contribution is 7.15. The lowest BCUT2D eigenvalue weighted by atomic mass is 10.3. The molecule has 1 saturated carbocycles. The van der Waals surface area contributed by atoms with Gasteiger partial charge in [-0.25, -0.2) is 4.98 Å². The molecular weight excluding hydrogens is 236 g/mol. The molecule has 94 valence electrons. The van der Waals surface area contributed by atoms with Gasteiger partial charge in [0.2, 0.25) is 5.91 Å². The quantitative estimate of drug-likeness (QED) is 0.877. The third-order valence-electron chi connectivity index (χ3n) is 2.91. The van der Waals surface area contributed by atoms with E-state index in [1.807, 2.05) is 13.8 Å². The first-order valence-corrected chi connectivity index (χ1v) is 6.86. The molecule has 0 bridgehead atoms. The predicted octanol–water partition coefficient (Wildman–Crippen LogP) is 2.38. The van der Waals surface area contributed by atoms with E-state index in [0.29, 0.717) is 11.7 Å². The molecule has 0 aliphatic heterocycles. The highest BCUT2D eigenvalue weighted by atomic mass is 32.1. The molecule has 1 heterocycles. The van der Waals surface area contributed by atoms with Crippen LogP contribution in [-0.2, 0) is 16.0 Å². The maximum absolute atomic E-state index is 11.8. The van der Waals surface area contributed by atoms with Crippen LogP contribution in [0.5, 0.6) is 0 Å². The van der Waals surface area contributed by atoms with Gasteiger partial charge in [-0.2, -0.15) is 0 Å². The molecule has 1 aliphatic carbocycles. The lowest BCUT2D eigenvalue weighted by Crippen LogP contribution is -2.16. The van der Waals surface area contributed by atoms with Gasteiger partial charge in [-0.05, 0) is 26.7 Å². The zero-order chi connectivity index (χ0) is 12.4. The smallest absolute Gasteiger partial charge is 0.231 e. The predicted molar refractivity (Wildman–Crippen MR) is 68.4 cm³/mol. The van der Waals surface area contributed by atoms with Gasteiger partial charge in [0.15, 0.2) is 5.13 Å². The number of nitrogens with one attached hydrogen (secondary N) is 1. The molecular formula is C12H18N2O2S. The number of thiazole rings is 1. The first kappa shape index (κ1) is 12.5. The van der Waals surface area contributed by atoms with E-state index in [9.17, 15) is 4.79 Å². The van der Waals surface area contributed by atoms with E-state index in [1.54, 1.807) is 11.3 Å². The lowest BCUT2D eigenvalue weighted by Gasteiger charge is -2.00. The highest BCUT2D eigenvalue weighted by Gasteiger charge is 2.44. The third kappa shape index (κ3) is 2.84. The molecule has 2 rings (SSSR count). The number of nitrogens with zero attached hydrogens (tertiary/aromatic N) is 1. The fraction of sp³-hybridized carbons (Fsp3) is 0.667. The Balaban J connectivity index is 1.90. The van der Waals surface area contributed by atoms with Gasteiger partial charge in [0.1, 0.15) is 0 Å². The number of carbonyl (C=O) groups is 1. The Labute approximate surface area is 105 Å². The van der Waals surface area contributed by atoms with Crippen LogP contribution in [0.4, 0.5) is 5.13 Å². The van der Waals surface area contributed by atoms with Crippen LogP contribution >= 0.6 is 11.3 Å². The normalized spacial score (nSPS) is 22.5. The van der Waals surface area contributed by atoms with E-state index in [2.05, 4.69) is 17.2 Å². The summed E-state index contributed by atoms with van der Waals surface area (Å²) in [6, 6.07) is 0. The minimum Gasteiger partial charge on any atom is -0.378 e. The second-order valence-electron chi connectivity index (χ2n) is 4.20. The summed E-state index contributed by atoms with van der Waals surface area (Å²) >= 11 is 1.54. The molecule has 1 aliphatic rings. The zero-order valence-corrected chi connectivity index (χ0v) is 11.3. The molecule has 4 nitrogen and oxygen atoms in total. The van der Waals surface area contributed by atoms with Crippen LogP contribution in [0, 0.1) is 12.8 Å². The molecule has 1 fully saturated rings. The van der Waals surface area contributed by atoms with Gasteiger partial charge in [-0.1, -0.05) is 6.92 Å². The molecule has 0 spiro atoms. The Hall–Kier alpha value is -0.940. The van der Waals surface area contributed by atoms with Crippen molar-refractivity contribution in [2.45, 2.75) is 39.7 Å². The minimum absolute atomic E-state index is 0.0178. The number of aryl methyl sites for hydroxylation is 2. The molecule has 1 aromatic heterocycles. The van der Waals surface area contributed by atoms with Crippen molar-refractivity contribution in [2.24, 2.45) is 5.92 Å². The Bertz CT molecular complexity index is 417. The van der Waals surface area contributed by atoms with Crippen molar-refractivity contribution in [3.8, 4) is 0 Å². The average Bonchev–Trinajstić information content (AvgIpc) is 2.97. The molecule has 1 N–H and O–H groups in total.